The number of nitrogens with zero attached hydrogens (tertiary/aromatic N) is 8. The minimum atomic E-state index is 0.397. The maximum Gasteiger partial charge on any atom is 0.188 e. The summed E-state index contributed by atoms with van der Waals surface area (Å²) in [6.45, 7) is 11.5. The number of rotatable bonds is 5. The van der Waals surface area contributed by atoms with Crippen molar-refractivity contribution in [3.05, 3.63) is 191 Å². The van der Waals surface area contributed by atoms with Gasteiger partial charge in [0.25, 0.3) is 0 Å². The second-order valence-electron chi connectivity index (χ2n) is 15.2. The zero-order chi connectivity index (χ0) is 42.6. The highest BCUT2D eigenvalue weighted by molar-refractivity contribution is 6.13. The first kappa shape index (κ1) is 37.0. The highest BCUT2D eigenvalue weighted by atomic mass is 15.0. The molecule has 0 fully saturated rings. The normalized spacial score (nSPS) is 11.0. The number of para-hydroxylation sites is 2. The van der Waals surface area contributed by atoms with Crippen LogP contribution in [0.5, 0.6) is 0 Å². The highest BCUT2D eigenvalue weighted by Gasteiger charge is 2.24. The summed E-state index contributed by atoms with van der Waals surface area (Å²) in [5.41, 5.74) is 13.7. The number of hydrogen-bond donors (Lipinski definition) is 0. The molecule has 286 valence electrons. The summed E-state index contributed by atoms with van der Waals surface area (Å²) in [7, 11) is 0. The maximum absolute atomic E-state index is 10.9. The van der Waals surface area contributed by atoms with Crippen molar-refractivity contribution in [2.45, 2.75) is 13.8 Å². The van der Waals surface area contributed by atoms with Gasteiger partial charge in [0, 0.05) is 44.1 Å². The molecule has 10 rings (SSSR count). The quantitative estimate of drug-likeness (QED) is 0.161. The Bertz CT molecular complexity index is 3560. The van der Waals surface area contributed by atoms with E-state index in [2.05, 4.69) is 98.9 Å². The number of aryl methyl sites for hydroxylation is 2. The van der Waals surface area contributed by atoms with Gasteiger partial charge < -0.3 is 9.13 Å². The van der Waals surface area contributed by atoms with Crippen LogP contribution < -0.4 is 0 Å². The number of aromatic nitrogens is 3. The van der Waals surface area contributed by atoms with Gasteiger partial charge in [-0.1, -0.05) is 78.9 Å². The van der Waals surface area contributed by atoms with Crippen LogP contribution in [0.15, 0.2) is 146 Å². The van der Waals surface area contributed by atoms with Crippen LogP contribution in [0.4, 0.5) is 5.69 Å². The van der Waals surface area contributed by atoms with Crippen molar-refractivity contribution in [2.24, 2.45) is 0 Å². The molecule has 7 aromatic carbocycles. The van der Waals surface area contributed by atoms with E-state index in [9.17, 15) is 21.0 Å². The van der Waals surface area contributed by atoms with Crippen LogP contribution in [0, 0.1) is 65.7 Å². The summed E-state index contributed by atoms with van der Waals surface area (Å²) in [5, 5.41) is 44.9. The fourth-order valence-corrected chi connectivity index (χ4v) is 9.00. The van der Waals surface area contributed by atoms with Crippen molar-refractivity contribution in [2.75, 3.05) is 0 Å². The molecule has 0 amide bonds. The molecule has 0 radical (unpaired) electrons. The summed E-state index contributed by atoms with van der Waals surface area (Å²) < 4.78 is 4.43. The van der Waals surface area contributed by atoms with E-state index in [4.69, 9.17) is 11.6 Å². The highest BCUT2D eigenvalue weighted by Crippen LogP contribution is 2.44. The topological polar surface area (TPSA) is 122 Å². The lowest BCUT2D eigenvalue weighted by molar-refractivity contribution is 1.11. The molecule has 8 nitrogen and oxygen atoms in total. The molecule has 0 saturated carbocycles. The first-order valence-electron chi connectivity index (χ1n) is 19.8. The summed E-state index contributed by atoms with van der Waals surface area (Å²) in [6, 6.07) is 56.4. The Morgan fingerprint density at radius 3 is 1.48 bits per heavy atom. The summed E-state index contributed by atoms with van der Waals surface area (Å²) in [4.78, 5) is 8.32. The Kier molecular flexibility index (Phi) is 8.68. The SMILES string of the molecule is [C-]#[N+]c1ccc(-c2ccc3c4ccccc4n(-c4cc(C#N)cc(-n5c6ccccc6c6ccc(-c7ccc(C#N)cc7C#N)cc65)c4-c4cc(C)nc(C)c4)c3c2)c(C#N)c1. The third-order valence-corrected chi connectivity index (χ3v) is 11.6. The van der Waals surface area contributed by atoms with Crippen LogP contribution in [0.2, 0.25) is 0 Å². The molecule has 0 atom stereocenters. The minimum Gasteiger partial charge on any atom is -0.308 e. The molecule has 0 aliphatic heterocycles. The lowest BCUT2D eigenvalue weighted by Gasteiger charge is -2.21. The van der Waals surface area contributed by atoms with E-state index in [0.29, 0.717) is 39.1 Å². The van der Waals surface area contributed by atoms with Crippen molar-refractivity contribution in [1.82, 2.24) is 14.1 Å². The van der Waals surface area contributed by atoms with Gasteiger partial charge in [-0.15, -0.1) is 0 Å². The lowest BCUT2D eigenvalue weighted by atomic mass is 9.96. The third-order valence-electron chi connectivity index (χ3n) is 11.6. The fourth-order valence-electron chi connectivity index (χ4n) is 9.00. The molecular formula is C54H30N8. The van der Waals surface area contributed by atoms with Gasteiger partial charge in [0.15, 0.2) is 5.69 Å². The van der Waals surface area contributed by atoms with Gasteiger partial charge in [-0.3, -0.25) is 4.98 Å². The first-order valence-corrected chi connectivity index (χ1v) is 19.8. The van der Waals surface area contributed by atoms with Gasteiger partial charge >= 0.3 is 0 Å². The Labute approximate surface area is 356 Å². The van der Waals surface area contributed by atoms with Gasteiger partial charge in [-0.25, -0.2) is 4.85 Å². The molecule has 62 heavy (non-hydrogen) atoms. The van der Waals surface area contributed by atoms with Crippen LogP contribution in [0.25, 0.3) is 93.2 Å². The fraction of sp³-hybridized carbons (Fsp3) is 0.0370. The van der Waals surface area contributed by atoms with Crippen LogP contribution in [0.3, 0.4) is 0 Å². The molecule has 3 heterocycles. The zero-order valence-corrected chi connectivity index (χ0v) is 33.4. The van der Waals surface area contributed by atoms with Gasteiger partial charge in [0.2, 0.25) is 0 Å². The van der Waals surface area contributed by atoms with Gasteiger partial charge in [0.1, 0.15) is 0 Å². The molecule has 0 unspecified atom stereocenters. The van der Waals surface area contributed by atoms with E-state index >= 15 is 0 Å². The third kappa shape index (κ3) is 5.83. The van der Waals surface area contributed by atoms with E-state index in [1.54, 1.807) is 24.3 Å². The van der Waals surface area contributed by atoms with E-state index in [1.165, 1.54) is 0 Å². The second kappa shape index (κ2) is 14.5. The van der Waals surface area contributed by atoms with Crippen molar-refractivity contribution in [1.29, 1.82) is 21.0 Å². The molecule has 0 aliphatic rings. The largest absolute Gasteiger partial charge is 0.308 e. The van der Waals surface area contributed by atoms with E-state index in [0.717, 1.165) is 88.6 Å². The molecular weight excluding hydrogens is 761 g/mol. The molecule has 8 heteroatoms. The minimum absolute atomic E-state index is 0.397. The predicted molar refractivity (Wildman–Crippen MR) is 244 cm³/mol. The summed E-state index contributed by atoms with van der Waals surface area (Å²) in [5.74, 6) is 0. The number of hydrogen-bond acceptors (Lipinski definition) is 5. The van der Waals surface area contributed by atoms with Crippen molar-refractivity contribution < 1.29 is 0 Å². The molecule has 10 aromatic rings. The van der Waals surface area contributed by atoms with Crippen LogP contribution >= 0.6 is 0 Å². The molecule has 3 aromatic heterocycles. The standard InChI is InChI=1S/C54H30N8/c1-32-20-38(21-33(2)60-32)54-52(61-48-10-6-4-8-44(48)46-17-13-36(26-50(46)61)42-16-12-34(28-55)22-39(42)30-57)23-35(29-56)24-53(54)62-49-11-7-5-9-45(49)47-18-14-37(27-51(47)62)43-19-15-41(59-3)25-40(43)31-58/h4-27H,1-2H3. The first-order chi connectivity index (χ1) is 30.3. The zero-order valence-electron chi connectivity index (χ0n) is 33.4. The summed E-state index contributed by atoms with van der Waals surface area (Å²) >= 11 is 0. The molecule has 0 saturated heterocycles. The van der Waals surface area contributed by atoms with E-state index < -0.39 is 0 Å². The Morgan fingerprint density at radius 2 is 0.968 bits per heavy atom. The predicted octanol–water partition coefficient (Wildman–Crippen LogP) is 12.9. The van der Waals surface area contributed by atoms with E-state index in [1.807, 2.05) is 74.5 Å². The van der Waals surface area contributed by atoms with Gasteiger partial charge in [-0.05, 0) is 108 Å². The number of nitriles is 4. The van der Waals surface area contributed by atoms with Crippen molar-refractivity contribution >= 4 is 49.3 Å². The van der Waals surface area contributed by atoms with E-state index in [-0.39, 0.29) is 0 Å². The maximum atomic E-state index is 10.9. The van der Waals surface area contributed by atoms with Crippen LogP contribution in [0.1, 0.15) is 33.6 Å². The lowest BCUT2D eigenvalue weighted by Crippen LogP contribution is -2.06. The Balaban J connectivity index is 1.36. The molecule has 0 N–H and O–H groups in total. The Hall–Kier alpha value is -9.26. The number of fused-ring (bicyclic) bond motifs is 6. The van der Waals surface area contributed by atoms with Crippen molar-refractivity contribution in [3.63, 3.8) is 0 Å². The molecule has 0 bridgehead atoms. The van der Waals surface area contributed by atoms with Crippen LogP contribution in [-0.4, -0.2) is 14.1 Å². The average molecular weight is 791 g/mol. The monoisotopic (exact) mass is 790 g/mol. The second-order valence-corrected chi connectivity index (χ2v) is 15.2. The van der Waals surface area contributed by atoms with Gasteiger partial charge in [-0.2, -0.15) is 21.0 Å². The number of benzene rings is 7. The van der Waals surface area contributed by atoms with Crippen molar-refractivity contribution in [3.8, 4) is 69.0 Å². The molecule has 0 spiro atoms. The average Bonchev–Trinajstić information content (AvgIpc) is 3.82. The smallest absolute Gasteiger partial charge is 0.188 e. The Morgan fingerprint density at radius 1 is 0.468 bits per heavy atom. The van der Waals surface area contributed by atoms with Gasteiger partial charge in [0.05, 0.1) is 81.0 Å². The summed E-state index contributed by atoms with van der Waals surface area (Å²) in [6.07, 6.45) is 0. The molecule has 0 aliphatic carbocycles. The number of pyridine rings is 1. The van der Waals surface area contributed by atoms with Crippen LogP contribution in [-0.2, 0) is 0 Å².